The monoisotopic (exact) mass is 955 g/mol. The zero-order valence-corrected chi connectivity index (χ0v) is 45.3. The standard InChI is InChI=1S/C16H26O2.C13H22O5.C12H24O2.C7H14O2.C6H12O2/c1-4-16(2,3)15(17)18-14-9-10-8-13(14)12-7-5-6-11(10)12;1-6-13(4,5)12(16)18-8-10(14)7-17-11(15)9(2)3;1-4-12(2,3)11(14-13)10-8-6-5-7-9-10;1-5-7(2,3)6(8)9-4;1-4-6(2,3)5(7)8/h10-14H,4-9H2,1-3H3;10,14H,2,6-8H2,1,3-5H3;10-11,13H,4-9H2,1-3H3;5H2,1-4H3;4H2,1-3H3,(H,7,8). The summed E-state index contributed by atoms with van der Waals surface area (Å²) in [4.78, 5) is 60.7. The highest BCUT2D eigenvalue weighted by atomic mass is 17.1. The topological polar surface area (TPSA) is 192 Å². The first-order valence-corrected chi connectivity index (χ1v) is 25.4. The van der Waals surface area contributed by atoms with Crippen molar-refractivity contribution in [2.75, 3.05) is 20.3 Å². The van der Waals surface area contributed by atoms with E-state index >= 15 is 0 Å². The van der Waals surface area contributed by atoms with E-state index in [0.717, 1.165) is 43.4 Å². The second-order valence-corrected chi connectivity index (χ2v) is 22.7. The molecule has 4 saturated carbocycles. The third-order valence-electron chi connectivity index (χ3n) is 15.6. The molecule has 0 saturated heterocycles. The highest BCUT2D eigenvalue weighted by Crippen LogP contribution is 2.59. The molecule has 0 aromatic rings. The number of aliphatic hydroxyl groups is 1. The predicted molar refractivity (Wildman–Crippen MR) is 264 cm³/mol. The third kappa shape index (κ3) is 20.8. The fraction of sp³-hybridized carbons (Fsp3) is 0.870. The Kier molecular flexibility index (Phi) is 27.9. The van der Waals surface area contributed by atoms with Crippen molar-refractivity contribution in [1.29, 1.82) is 0 Å². The number of carboxylic acids is 1. The summed E-state index contributed by atoms with van der Waals surface area (Å²) in [5, 5.41) is 27.0. The molecule has 4 aliphatic rings. The van der Waals surface area contributed by atoms with Crippen molar-refractivity contribution in [1.82, 2.24) is 0 Å². The number of carboxylic acid groups (broad SMARTS) is 1. The van der Waals surface area contributed by atoms with Gasteiger partial charge in [0.25, 0.3) is 0 Å². The van der Waals surface area contributed by atoms with Crippen molar-refractivity contribution < 1.29 is 63.3 Å². The maximum atomic E-state index is 12.2. The number of carbonyl (C=O) groups is 5. The molecule has 392 valence electrons. The number of fused-ring (bicyclic) bond motifs is 5. The van der Waals surface area contributed by atoms with Crippen LogP contribution in [0.3, 0.4) is 0 Å². The Balaban J connectivity index is 0.000000842. The molecule has 0 aliphatic heterocycles. The van der Waals surface area contributed by atoms with E-state index in [-0.39, 0.29) is 65.1 Å². The molecule has 0 amide bonds. The summed E-state index contributed by atoms with van der Waals surface area (Å²) in [6.07, 6.45) is 16.4. The van der Waals surface area contributed by atoms with Gasteiger partial charge in [0.15, 0.2) is 0 Å². The molecule has 3 N–H and O–H groups in total. The van der Waals surface area contributed by atoms with Crippen molar-refractivity contribution in [3.8, 4) is 0 Å². The van der Waals surface area contributed by atoms with Crippen LogP contribution in [0.4, 0.5) is 0 Å². The smallest absolute Gasteiger partial charge is 0.333 e. The van der Waals surface area contributed by atoms with Crippen LogP contribution < -0.4 is 0 Å². The molecule has 4 rings (SSSR count). The molecule has 0 aromatic heterocycles. The number of aliphatic hydroxyl groups excluding tert-OH is 1. The lowest BCUT2D eigenvalue weighted by molar-refractivity contribution is -0.316. The molecule has 0 aromatic carbocycles. The van der Waals surface area contributed by atoms with Crippen LogP contribution >= 0.6 is 0 Å². The van der Waals surface area contributed by atoms with Gasteiger partial charge in [-0.3, -0.25) is 24.4 Å². The second-order valence-electron chi connectivity index (χ2n) is 22.7. The van der Waals surface area contributed by atoms with Gasteiger partial charge in [0.1, 0.15) is 31.5 Å². The minimum atomic E-state index is -1.02. The Morgan fingerprint density at radius 2 is 1.09 bits per heavy atom. The van der Waals surface area contributed by atoms with Gasteiger partial charge in [0.05, 0.1) is 28.8 Å². The number of aliphatic carboxylic acids is 1. The Morgan fingerprint density at radius 3 is 1.51 bits per heavy atom. The molecular weight excluding hydrogens is 857 g/mol. The summed E-state index contributed by atoms with van der Waals surface area (Å²) >= 11 is 0. The van der Waals surface area contributed by atoms with Crippen LogP contribution in [0.5, 0.6) is 0 Å². The Labute approximate surface area is 406 Å². The van der Waals surface area contributed by atoms with Gasteiger partial charge < -0.3 is 29.2 Å². The molecule has 0 spiro atoms. The van der Waals surface area contributed by atoms with Gasteiger partial charge in [-0.05, 0) is 168 Å². The van der Waals surface area contributed by atoms with Gasteiger partial charge in [-0.25, -0.2) is 9.68 Å². The van der Waals surface area contributed by atoms with Crippen LogP contribution in [-0.4, -0.2) is 84.0 Å². The minimum absolute atomic E-state index is 0.0211. The van der Waals surface area contributed by atoms with E-state index in [1.165, 1.54) is 71.8 Å². The van der Waals surface area contributed by atoms with Gasteiger partial charge in [0, 0.05) is 5.57 Å². The maximum absolute atomic E-state index is 12.2. The van der Waals surface area contributed by atoms with E-state index in [1.807, 2.05) is 48.5 Å². The molecule has 67 heavy (non-hydrogen) atoms. The van der Waals surface area contributed by atoms with Gasteiger partial charge >= 0.3 is 29.8 Å². The zero-order valence-electron chi connectivity index (χ0n) is 45.3. The normalized spacial score (nSPS) is 22.2. The van der Waals surface area contributed by atoms with Crippen LogP contribution in [0.15, 0.2) is 12.2 Å². The molecular formula is C54H98O13. The van der Waals surface area contributed by atoms with Gasteiger partial charge in [-0.2, -0.15) is 0 Å². The van der Waals surface area contributed by atoms with E-state index in [2.05, 4.69) is 39.0 Å². The molecule has 7 atom stereocenters. The number of ether oxygens (including phenoxy) is 4. The van der Waals surface area contributed by atoms with Crippen LogP contribution in [0.1, 0.15) is 207 Å². The van der Waals surface area contributed by atoms with E-state index in [1.54, 1.807) is 27.7 Å². The van der Waals surface area contributed by atoms with Gasteiger partial charge in [0.2, 0.25) is 0 Å². The molecule has 4 aliphatic carbocycles. The number of esters is 4. The van der Waals surface area contributed by atoms with E-state index < -0.39 is 28.9 Å². The molecule has 0 heterocycles. The fourth-order valence-electron chi connectivity index (χ4n) is 8.51. The van der Waals surface area contributed by atoms with Crippen molar-refractivity contribution in [2.24, 2.45) is 56.7 Å². The highest BCUT2D eigenvalue weighted by Gasteiger charge is 2.55. The molecule has 2 bridgehead atoms. The molecule has 0 radical (unpaired) electrons. The first-order chi connectivity index (χ1) is 30.9. The highest BCUT2D eigenvalue weighted by molar-refractivity contribution is 5.87. The van der Waals surface area contributed by atoms with Crippen LogP contribution in [-0.2, 0) is 47.8 Å². The van der Waals surface area contributed by atoms with Gasteiger partial charge in [-0.15, -0.1) is 0 Å². The molecule has 4 fully saturated rings. The fourth-order valence-corrected chi connectivity index (χ4v) is 8.51. The van der Waals surface area contributed by atoms with Crippen molar-refractivity contribution >= 4 is 29.8 Å². The summed E-state index contributed by atoms with van der Waals surface area (Å²) in [5.41, 5.74) is -1.39. The van der Waals surface area contributed by atoms with E-state index in [9.17, 15) is 29.1 Å². The summed E-state index contributed by atoms with van der Waals surface area (Å²) in [7, 11) is 1.42. The Bertz CT molecular complexity index is 1520. The first-order valence-electron chi connectivity index (χ1n) is 25.4. The zero-order chi connectivity index (χ0) is 52.1. The number of rotatable bonds is 18. The molecule has 7 unspecified atom stereocenters. The lowest BCUT2D eigenvalue weighted by Crippen LogP contribution is -2.38. The summed E-state index contributed by atoms with van der Waals surface area (Å²) in [5.74, 6) is 2.19. The first kappa shape index (κ1) is 64.0. The minimum Gasteiger partial charge on any atom is -0.481 e. The van der Waals surface area contributed by atoms with Gasteiger partial charge in [-0.1, -0.05) is 80.7 Å². The lowest BCUT2D eigenvalue weighted by atomic mass is 9.72. The predicted octanol–water partition coefficient (Wildman–Crippen LogP) is 12.2. The Morgan fingerprint density at radius 1 is 0.612 bits per heavy atom. The van der Waals surface area contributed by atoms with Crippen molar-refractivity contribution in [3.63, 3.8) is 0 Å². The SMILES string of the molecule is C=C(C)C(=O)OCC(O)COC(=O)C(C)(C)CC.CCC(C)(C)C(=O)O.CCC(C)(C)C(=O)OC.CCC(C)(C)C(=O)OC1CC2CC1C1CCCC21.CCC(C)(C)C(OO)C1CCCCC1. The number of hydrogen-bond acceptors (Lipinski definition) is 12. The maximum Gasteiger partial charge on any atom is 0.333 e. The summed E-state index contributed by atoms with van der Waals surface area (Å²) in [6, 6.07) is 0. The van der Waals surface area contributed by atoms with Crippen molar-refractivity contribution in [2.45, 2.75) is 225 Å². The summed E-state index contributed by atoms with van der Waals surface area (Å²) in [6.45, 7) is 33.5. The van der Waals surface area contributed by atoms with E-state index in [4.69, 9.17) is 29.5 Å². The summed E-state index contributed by atoms with van der Waals surface area (Å²) < 4.78 is 20.1. The van der Waals surface area contributed by atoms with Crippen LogP contribution in [0.25, 0.3) is 0 Å². The molecule has 13 heteroatoms. The quantitative estimate of drug-likeness (QED) is 0.0387. The van der Waals surface area contributed by atoms with E-state index in [0.29, 0.717) is 24.7 Å². The average molecular weight is 955 g/mol. The second kappa shape index (κ2) is 29.2. The average Bonchev–Trinajstić information content (AvgIpc) is 4.04. The van der Waals surface area contributed by atoms with Crippen LogP contribution in [0.2, 0.25) is 0 Å². The van der Waals surface area contributed by atoms with Crippen molar-refractivity contribution in [3.05, 3.63) is 12.2 Å². The van der Waals surface area contributed by atoms with Crippen LogP contribution in [0, 0.1) is 56.7 Å². The number of carbonyl (C=O) groups excluding carboxylic acids is 4. The number of methoxy groups -OCH3 is 1. The largest absolute Gasteiger partial charge is 0.481 e. The molecule has 13 nitrogen and oxygen atoms in total. The third-order valence-corrected chi connectivity index (χ3v) is 15.6. The number of hydrogen-bond donors (Lipinski definition) is 3. The Hall–Kier alpha value is -3.03. The lowest BCUT2D eigenvalue weighted by Gasteiger charge is -2.38.